The number of esters is 1. The molecule has 0 aromatic heterocycles. The number of ketones is 1. The third-order valence-electron chi connectivity index (χ3n) is 4.35. The summed E-state index contributed by atoms with van der Waals surface area (Å²) in [7, 11) is 0. The van der Waals surface area contributed by atoms with Gasteiger partial charge in [0.1, 0.15) is 11.7 Å². The molecule has 1 aliphatic rings. The van der Waals surface area contributed by atoms with Crippen LogP contribution >= 0.6 is 0 Å². The normalized spacial score (nSPS) is 18.0. The molecule has 0 radical (unpaired) electrons. The van der Waals surface area contributed by atoms with E-state index in [1.807, 2.05) is 0 Å². The predicted molar refractivity (Wildman–Crippen MR) is 85.2 cm³/mol. The number of hydrogen-bond acceptors (Lipinski definition) is 3. The SMILES string of the molecule is CCCCCCCCCCCCCC(=O)[C@@H]1CCOC1=O. The van der Waals surface area contributed by atoms with Crippen molar-refractivity contribution >= 4 is 11.8 Å². The molecule has 1 heterocycles. The van der Waals surface area contributed by atoms with E-state index in [1.165, 1.54) is 57.8 Å². The molecular weight excluding hydrogens is 264 g/mol. The number of carbonyl (C=O) groups is 2. The highest BCUT2D eigenvalue weighted by atomic mass is 16.5. The van der Waals surface area contributed by atoms with Crippen LogP contribution in [0.5, 0.6) is 0 Å². The van der Waals surface area contributed by atoms with Gasteiger partial charge in [-0.25, -0.2) is 0 Å². The van der Waals surface area contributed by atoms with Crippen molar-refractivity contribution in [2.24, 2.45) is 5.92 Å². The van der Waals surface area contributed by atoms with Crippen molar-refractivity contribution in [3.8, 4) is 0 Å². The van der Waals surface area contributed by atoms with Crippen LogP contribution < -0.4 is 0 Å². The molecule has 0 aliphatic carbocycles. The molecule has 3 heteroatoms. The summed E-state index contributed by atoms with van der Waals surface area (Å²) >= 11 is 0. The van der Waals surface area contributed by atoms with E-state index in [4.69, 9.17) is 4.74 Å². The van der Waals surface area contributed by atoms with Gasteiger partial charge in [0, 0.05) is 12.8 Å². The number of unbranched alkanes of at least 4 members (excludes halogenated alkanes) is 10. The van der Waals surface area contributed by atoms with Crippen LogP contribution in [0.4, 0.5) is 0 Å². The highest BCUT2D eigenvalue weighted by Gasteiger charge is 2.32. The molecule has 0 N–H and O–H groups in total. The van der Waals surface area contributed by atoms with Gasteiger partial charge in [-0.2, -0.15) is 0 Å². The topological polar surface area (TPSA) is 43.4 Å². The van der Waals surface area contributed by atoms with Crippen molar-refractivity contribution in [1.29, 1.82) is 0 Å². The molecule has 0 saturated carbocycles. The zero-order valence-electron chi connectivity index (χ0n) is 13.7. The van der Waals surface area contributed by atoms with Gasteiger partial charge >= 0.3 is 5.97 Å². The Kier molecular flexibility index (Phi) is 10.2. The molecule has 1 atom stereocenters. The number of rotatable bonds is 13. The first-order valence-electron chi connectivity index (χ1n) is 8.95. The lowest BCUT2D eigenvalue weighted by Crippen LogP contribution is -2.18. The maximum atomic E-state index is 11.8. The fourth-order valence-corrected chi connectivity index (χ4v) is 2.93. The van der Waals surface area contributed by atoms with Gasteiger partial charge in [0.2, 0.25) is 0 Å². The van der Waals surface area contributed by atoms with Crippen molar-refractivity contribution < 1.29 is 14.3 Å². The summed E-state index contributed by atoms with van der Waals surface area (Å²) < 4.78 is 4.83. The Labute approximate surface area is 129 Å². The lowest BCUT2D eigenvalue weighted by atomic mass is 9.97. The lowest BCUT2D eigenvalue weighted by Gasteiger charge is -2.05. The van der Waals surface area contributed by atoms with Gasteiger partial charge in [0.05, 0.1) is 6.61 Å². The number of cyclic esters (lactones) is 1. The third kappa shape index (κ3) is 8.23. The van der Waals surface area contributed by atoms with Crippen LogP contribution in [0.25, 0.3) is 0 Å². The Morgan fingerprint density at radius 1 is 0.952 bits per heavy atom. The van der Waals surface area contributed by atoms with Crippen molar-refractivity contribution in [3.63, 3.8) is 0 Å². The molecule has 0 aromatic carbocycles. The minimum absolute atomic E-state index is 0.0911. The van der Waals surface area contributed by atoms with Gasteiger partial charge in [-0.1, -0.05) is 71.1 Å². The van der Waals surface area contributed by atoms with E-state index < -0.39 is 5.92 Å². The van der Waals surface area contributed by atoms with Crippen LogP contribution in [0.15, 0.2) is 0 Å². The van der Waals surface area contributed by atoms with Crippen LogP contribution in [-0.2, 0) is 14.3 Å². The Hall–Kier alpha value is -0.860. The fourth-order valence-electron chi connectivity index (χ4n) is 2.93. The summed E-state index contributed by atoms with van der Waals surface area (Å²) in [6.45, 7) is 2.67. The molecule has 0 unspecified atom stereocenters. The smallest absolute Gasteiger partial charge is 0.316 e. The molecule has 3 nitrogen and oxygen atoms in total. The summed E-state index contributed by atoms with van der Waals surface area (Å²) in [5.41, 5.74) is 0. The van der Waals surface area contributed by atoms with E-state index in [2.05, 4.69) is 6.92 Å². The highest BCUT2D eigenvalue weighted by Crippen LogP contribution is 2.19. The maximum absolute atomic E-state index is 11.8. The first kappa shape index (κ1) is 18.2. The van der Waals surface area contributed by atoms with Gasteiger partial charge in [0.15, 0.2) is 0 Å². The molecule has 1 rings (SSSR count). The van der Waals surface area contributed by atoms with Gasteiger partial charge in [0.25, 0.3) is 0 Å². The molecule has 1 fully saturated rings. The molecule has 1 aliphatic heterocycles. The number of ether oxygens (including phenoxy) is 1. The van der Waals surface area contributed by atoms with E-state index >= 15 is 0 Å². The second kappa shape index (κ2) is 11.8. The first-order valence-corrected chi connectivity index (χ1v) is 8.95. The monoisotopic (exact) mass is 296 g/mol. The largest absolute Gasteiger partial charge is 0.465 e. The van der Waals surface area contributed by atoms with Gasteiger partial charge < -0.3 is 4.74 Å². The predicted octanol–water partition coefficient (Wildman–Crippen LogP) is 4.82. The summed E-state index contributed by atoms with van der Waals surface area (Å²) in [5, 5.41) is 0. The zero-order chi connectivity index (χ0) is 15.3. The molecule has 0 amide bonds. The Morgan fingerprint density at radius 3 is 1.95 bits per heavy atom. The van der Waals surface area contributed by atoms with Crippen LogP contribution in [0.2, 0.25) is 0 Å². The number of carbonyl (C=O) groups excluding carboxylic acids is 2. The minimum atomic E-state index is -0.451. The van der Waals surface area contributed by atoms with Gasteiger partial charge in [-0.05, 0) is 6.42 Å². The molecule has 0 aromatic rings. The van der Waals surface area contributed by atoms with E-state index in [0.29, 0.717) is 19.4 Å². The Bertz CT molecular complexity index is 299. The first-order chi connectivity index (χ1) is 10.3. The van der Waals surface area contributed by atoms with E-state index in [1.54, 1.807) is 0 Å². The molecule has 0 bridgehead atoms. The Morgan fingerprint density at radius 2 is 1.48 bits per heavy atom. The van der Waals surface area contributed by atoms with Crippen molar-refractivity contribution in [2.75, 3.05) is 6.61 Å². The minimum Gasteiger partial charge on any atom is -0.465 e. The average molecular weight is 296 g/mol. The van der Waals surface area contributed by atoms with Crippen molar-refractivity contribution in [2.45, 2.75) is 90.4 Å². The fraction of sp³-hybridized carbons (Fsp3) is 0.889. The molecule has 1 saturated heterocycles. The lowest BCUT2D eigenvalue weighted by molar-refractivity contribution is -0.144. The van der Waals surface area contributed by atoms with E-state index in [-0.39, 0.29) is 11.8 Å². The van der Waals surface area contributed by atoms with E-state index in [9.17, 15) is 9.59 Å². The second-order valence-electron chi connectivity index (χ2n) is 6.26. The maximum Gasteiger partial charge on any atom is 0.316 e. The molecule has 0 spiro atoms. The van der Waals surface area contributed by atoms with Gasteiger partial charge in [-0.3, -0.25) is 9.59 Å². The van der Waals surface area contributed by atoms with Crippen LogP contribution in [0.1, 0.15) is 90.4 Å². The van der Waals surface area contributed by atoms with Crippen molar-refractivity contribution in [3.05, 3.63) is 0 Å². The average Bonchev–Trinajstić information content (AvgIpc) is 2.91. The molecule has 122 valence electrons. The van der Waals surface area contributed by atoms with Crippen LogP contribution in [0, 0.1) is 5.92 Å². The molecular formula is C18H32O3. The zero-order valence-corrected chi connectivity index (χ0v) is 13.7. The Balaban J connectivity index is 1.84. The van der Waals surface area contributed by atoms with E-state index in [0.717, 1.165) is 12.8 Å². The number of hydrogen-bond donors (Lipinski definition) is 0. The summed E-state index contributed by atoms with van der Waals surface area (Å²) in [4.78, 5) is 23.1. The molecule has 21 heavy (non-hydrogen) atoms. The summed E-state index contributed by atoms with van der Waals surface area (Å²) in [6, 6.07) is 0. The van der Waals surface area contributed by atoms with Gasteiger partial charge in [-0.15, -0.1) is 0 Å². The van der Waals surface area contributed by atoms with Crippen molar-refractivity contribution in [1.82, 2.24) is 0 Å². The summed E-state index contributed by atoms with van der Waals surface area (Å²) in [5.74, 6) is -0.662. The number of Topliss-reactive ketones (excluding diaryl/α,β-unsaturated/α-hetero) is 1. The summed E-state index contributed by atoms with van der Waals surface area (Å²) in [6.07, 6.45) is 15.2. The highest BCUT2D eigenvalue weighted by molar-refractivity contribution is 5.99. The second-order valence-corrected chi connectivity index (χ2v) is 6.26. The standard InChI is InChI=1S/C18H32O3/c1-2-3-4-5-6-7-8-9-10-11-12-13-17(19)16-14-15-21-18(16)20/h16H,2-15H2,1H3/t16-/m0/s1. The quantitative estimate of drug-likeness (QED) is 0.278. The van der Waals surface area contributed by atoms with Crippen LogP contribution in [-0.4, -0.2) is 18.4 Å². The third-order valence-corrected chi connectivity index (χ3v) is 4.35. The van der Waals surface area contributed by atoms with Crippen LogP contribution in [0.3, 0.4) is 0 Å².